The van der Waals surface area contributed by atoms with Gasteiger partial charge in [0.2, 0.25) is 0 Å². The van der Waals surface area contributed by atoms with Gasteiger partial charge in [-0.1, -0.05) is 0 Å². The van der Waals surface area contributed by atoms with Gasteiger partial charge in [-0.3, -0.25) is 0 Å². The van der Waals surface area contributed by atoms with Crippen LogP contribution in [-0.2, 0) is 6.54 Å². The Labute approximate surface area is 114 Å². The van der Waals surface area contributed by atoms with E-state index >= 15 is 0 Å². The highest BCUT2D eigenvalue weighted by atomic mass is 19.3. The highest BCUT2D eigenvalue weighted by Gasteiger charge is 2.15. The fourth-order valence-electron chi connectivity index (χ4n) is 1.88. The third-order valence-corrected chi connectivity index (χ3v) is 2.87. The smallest absolute Gasteiger partial charge is 0.387 e. The van der Waals surface area contributed by atoms with Crippen LogP contribution in [0.4, 0.5) is 14.6 Å². The highest BCUT2D eigenvalue weighted by molar-refractivity contribution is 5.72. The number of anilines is 1. The van der Waals surface area contributed by atoms with Crippen LogP contribution in [0.3, 0.4) is 0 Å². The number of benzene rings is 1. The number of methoxy groups -OCH3 is 1. The Morgan fingerprint density at radius 2 is 2.10 bits per heavy atom. The van der Waals surface area contributed by atoms with Gasteiger partial charge in [0.15, 0.2) is 11.5 Å². The Bertz CT molecular complexity index is 599. The van der Waals surface area contributed by atoms with Crippen LogP contribution in [0.15, 0.2) is 24.5 Å². The molecule has 0 saturated heterocycles. The lowest BCUT2D eigenvalue weighted by atomic mass is 10.1. The maximum Gasteiger partial charge on any atom is 0.387 e. The first kappa shape index (κ1) is 14.1. The predicted molar refractivity (Wildman–Crippen MR) is 70.9 cm³/mol. The molecule has 2 rings (SSSR count). The van der Waals surface area contributed by atoms with Crippen molar-refractivity contribution in [3.05, 3.63) is 24.5 Å². The van der Waals surface area contributed by atoms with E-state index in [0.717, 1.165) is 0 Å². The number of hydrogen-bond donors (Lipinski definition) is 1. The molecule has 2 aromatic rings. The maximum atomic E-state index is 12.4. The molecule has 0 aliphatic carbocycles. The molecule has 0 saturated carbocycles. The third kappa shape index (κ3) is 2.66. The number of rotatable bonds is 5. The molecule has 0 aliphatic heterocycles. The van der Waals surface area contributed by atoms with Gasteiger partial charge < -0.3 is 19.8 Å². The van der Waals surface area contributed by atoms with Crippen molar-refractivity contribution in [1.29, 1.82) is 0 Å². The number of alkyl halides is 2. The second kappa shape index (κ2) is 5.77. The fraction of sp³-hybridized carbons (Fsp3) is 0.308. The normalized spacial score (nSPS) is 10.8. The van der Waals surface area contributed by atoms with Gasteiger partial charge in [-0.25, -0.2) is 4.98 Å². The first-order valence-electron chi connectivity index (χ1n) is 6.00. The molecule has 5 nitrogen and oxygen atoms in total. The van der Waals surface area contributed by atoms with Crippen molar-refractivity contribution in [3.63, 3.8) is 0 Å². The molecule has 0 aliphatic rings. The molecule has 0 fully saturated rings. The standard InChI is InChI=1S/C13H15F2N3O2/c1-3-18-7-17-11(12(18)16)8-4-5-9(19-2)10(6-8)20-13(14)15/h4-7,13H,3,16H2,1-2H3. The summed E-state index contributed by atoms with van der Waals surface area (Å²) < 4.78 is 35.9. The fourth-order valence-corrected chi connectivity index (χ4v) is 1.88. The van der Waals surface area contributed by atoms with E-state index in [1.807, 2.05) is 6.92 Å². The van der Waals surface area contributed by atoms with E-state index < -0.39 is 6.61 Å². The van der Waals surface area contributed by atoms with Gasteiger partial charge in [0.25, 0.3) is 0 Å². The molecular weight excluding hydrogens is 268 g/mol. The number of imidazole rings is 1. The molecule has 0 unspecified atom stereocenters. The first-order chi connectivity index (χ1) is 9.56. The lowest BCUT2D eigenvalue weighted by Gasteiger charge is -2.11. The minimum atomic E-state index is -2.93. The Balaban J connectivity index is 2.44. The lowest BCUT2D eigenvalue weighted by molar-refractivity contribution is -0.0511. The number of nitrogens with two attached hydrogens (primary N) is 1. The Kier molecular flexibility index (Phi) is 4.07. The largest absolute Gasteiger partial charge is 0.493 e. The zero-order chi connectivity index (χ0) is 14.7. The summed E-state index contributed by atoms with van der Waals surface area (Å²) in [4.78, 5) is 4.19. The van der Waals surface area contributed by atoms with Crippen LogP contribution in [-0.4, -0.2) is 23.3 Å². The molecule has 0 radical (unpaired) electrons. The second-order valence-corrected chi connectivity index (χ2v) is 4.01. The van der Waals surface area contributed by atoms with E-state index in [9.17, 15) is 8.78 Å². The quantitative estimate of drug-likeness (QED) is 0.916. The van der Waals surface area contributed by atoms with Crippen molar-refractivity contribution >= 4 is 5.82 Å². The third-order valence-electron chi connectivity index (χ3n) is 2.87. The van der Waals surface area contributed by atoms with E-state index in [1.165, 1.54) is 19.2 Å². The zero-order valence-corrected chi connectivity index (χ0v) is 11.1. The van der Waals surface area contributed by atoms with Gasteiger partial charge >= 0.3 is 6.61 Å². The van der Waals surface area contributed by atoms with E-state index in [-0.39, 0.29) is 11.5 Å². The van der Waals surface area contributed by atoms with Crippen LogP contribution in [0.2, 0.25) is 0 Å². The molecule has 0 bridgehead atoms. The molecule has 1 aromatic heterocycles. The van der Waals surface area contributed by atoms with Crippen LogP contribution in [0.5, 0.6) is 11.5 Å². The summed E-state index contributed by atoms with van der Waals surface area (Å²) in [5.41, 5.74) is 7.06. The van der Waals surface area contributed by atoms with Gasteiger partial charge in [0.1, 0.15) is 11.5 Å². The van der Waals surface area contributed by atoms with Crippen molar-refractivity contribution in [2.24, 2.45) is 0 Å². The molecule has 0 atom stereocenters. The van der Waals surface area contributed by atoms with Crippen LogP contribution in [0.1, 0.15) is 6.92 Å². The Morgan fingerprint density at radius 3 is 2.65 bits per heavy atom. The Hall–Kier alpha value is -2.31. The number of aryl methyl sites for hydroxylation is 1. The molecule has 0 spiro atoms. The molecule has 1 heterocycles. The summed E-state index contributed by atoms with van der Waals surface area (Å²) >= 11 is 0. The Morgan fingerprint density at radius 1 is 1.35 bits per heavy atom. The predicted octanol–water partition coefficient (Wildman–Crippen LogP) is 2.76. The molecule has 7 heteroatoms. The number of ether oxygens (including phenoxy) is 2. The van der Waals surface area contributed by atoms with Crippen molar-refractivity contribution < 1.29 is 18.3 Å². The highest BCUT2D eigenvalue weighted by Crippen LogP contribution is 2.34. The topological polar surface area (TPSA) is 62.3 Å². The van der Waals surface area contributed by atoms with Gasteiger partial charge in [-0.2, -0.15) is 8.78 Å². The van der Waals surface area contributed by atoms with E-state index in [1.54, 1.807) is 17.0 Å². The van der Waals surface area contributed by atoms with Crippen LogP contribution >= 0.6 is 0 Å². The zero-order valence-electron chi connectivity index (χ0n) is 11.1. The molecule has 1 aromatic carbocycles. The molecule has 0 amide bonds. The number of halogens is 2. The van der Waals surface area contributed by atoms with E-state index in [4.69, 9.17) is 10.5 Å². The van der Waals surface area contributed by atoms with Gasteiger partial charge in [-0.15, -0.1) is 0 Å². The summed E-state index contributed by atoms with van der Waals surface area (Å²) in [5, 5.41) is 0. The van der Waals surface area contributed by atoms with Crippen molar-refractivity contribution in [2.45, 2.75) is 20.1 Å². The number of nitrogens with zero attached hydrogens (tertiary/aromatic N) is 2. The minimum Gasteiger partial charge on any atom is -0.493 e. The van der Waals surface area contributed by atoms with Crippen molar-refractivity contribution in [1.82, 2.24) is 9.55 Å². The monoisotopic (exact) mass is 283 g/mol. The van der Waals surface area contributed by atoms with Crippen molar-refractivity contribution in [3.8, 4) is 22.8 Å². The van der Waals surface area contributed by atoms with Crippen LogP contribution in [0.25, 0.3) is 11.3 Å². The molecular formula is C13H15F2N3O2. The SMILES string of the molecule is CCn1cnc(-c2ccc(OC)c(OC(F)F)c2)c1N. The lowest BCUT2D eigenvalue weighted by Crippen LogP contribution is -2.04. The van der Waals surface area contributed by atoms with Gasteiger partial charge in [-0.05, 0) is 25.1 Å². The molecule has 108 valence electrons. The van der Waals surface area contributed by atoms with Gasteiger partial charge in [0, 0.05) is 12.1 Å². The molecule has 20 heavy (non-hydrogen) atoms. The van der Waals surface area contributed by atoms with Crippen LogP contribution < -0.4 is 15.2 Å². The summed E-state index contributed by atoms with van der Waals surface area (Å²) in [6, 6.07) is 4.66. The maximum absolute atomic E-state index is 12.4. The summed E-state index contributed by atoms with van der Waals surface area (Å²) in [6.45, 7) is -0.319. The van der Waals surface area contributed by atoms with E-state index in [2.05, 4.69) is 9.72 Å². The van der Waals surface area contributed by atoms with Crippen LogP contribution in [0, 0.1) is 0 Å². The van der Waals surface area contributed by atoms with Gasteiger partial charge in [0.05, 0.1) is 13.4 Å². The summed E-state index contributed by atoms with van der Waals surface area (Å²) in [6.07, 6.45) is 1.60. The number of aromatic nitrogens is 2. The average Bonchev–Trinajstić information content (AvgIpc) is 2.79. The minimum absolute atomic E-state index is 0.0505. The molecule has 2 N–H and O–H groups in total. The van der Waals surface area contributed by atoms with E-state index in [0.29, 0.717) is 23.6 Å². The van der Waals surface area contributed by atoms with Crippen molar-refractivity contribution in [2.75, 3.05) is 12.8 Å². The second-order valence-electron chi connectivity index (χ2n) is 4.01. The average molecular weight is 283 g/mol. The first-order valence-corrected chi connectivity index (χ1v) is 6.00. The number of hydrogen-bond acceptors (Lipinski definition) is 4. The summed E-state index contributed by atoms with van der Waals surface area (Å²) in [7, 11) is 1.38. The number of nitrogen functional groups attached to an aromatic ring is 1. The summed E-state index contributed by atoms with van der Waals surface area (Å²) in [5.74, 6) is 0.647.